The standard InChI is InChI=1S/C12H16N2O3Si/c1-12(9-13,17-18(2,3)4)10-5-7-11(8-6-10)14(15)16/h5-8H,1-4H3/t12-/m0/s1. The average molecular weight is 264 g/mol. The third-order valence-electron chi connectivity index (χ3n) is 2.35. The van der Waals surface area contributed by atoms with Crippen LogP contribution in [-0.2, 0) is 10.0 Å². The van der Waals surface area contributed by atoms with Gasteiger partial charge in [-0.15, -0.1) is 0 Å². The van der Waals surface area contributed by atoms with Gasteiger partial charge >= 0.3 is 0 Å². The predicted molar refractivity (Wildman–Crippen MR) is 70.5 cm³/mol. The first-order valence-corrected chi connectivity index (χ1v) is 8.95. The molecule has 0 radical (unpaired) electrons. The Hall–Kier alpha value is -1.71. The van der Waals surface area contributed by atoms with E-state index in [0.29, 0.717) is 5.56 Å². The highest BCUT2D eigenvalue weighted by molar-refractivity contribution is 6.69. The molecule has 1 aromatic rings. The molecule has 1 atom stereocenters. The minimum absolute atomic E-state index is 0.00652. The molecule has 5 nitrogen and oxygen atoms in total. The van der Waals surface area contributed by atoms with Crippen LogP contribution in [0.25, 0.3) is 0 Å². The molecule has 0 aromatic heterocycles. The Balaban J connectivity index is 3.10. The zero-order valence-corrected chi connectivity index (χ0v) is 11.9. The second-order valence-corrected chi connectivity index (χ2v) is 9.59. The maximum absolute atomic E-state index is 10.6. The molecule has 0 fully saturated rings. The predicted octanol–water partition coefficient (Wildman–Crippen LogP) is 3.19. The molecular weight excluding hydrogens is 248 g/mol. The Labute approximate surface area is 107 Å². The summed E-state index contributed by atoms with van der Waals surface area (Å²) < 4.78 is 5.87. The minimum Gasteiger partial charge on any atom is -0.397 e. The number of nitriles is 1. The quantitative estimate of drug-likeness (QED) is 0.475. The zero-order chi connectivity index (χ0) is 14.0. The van der Waals surface area contributed by atoms with Gasteiger partial charge in [-0.2, -0.15) is 5.26 Å². The van der Waals surface area contributed by atoms with Crippen molar-refractivity contribution in [2.24, 2.45) is 0 Å². The number of hydrogen-bond acceptors (Lipinski definition) is 4. The number of hydrogen-bond donors (Lipinski definition) is 0. The second kappa shape index (κ2) is 4.88. The van der Waals surface area contributed by atoms with E-state index in [0.717, 1.165) is 0 Å². The first kappa shape index (κ1) is 14.3. The lowest BCUT2D eigenvalue weighted by atomic mass is 9.98. The van der Waals surface area contributed by atoms with E-state index in [9.17, 15) is 15.4 Å². The van der Waals surface area contributed by atoms with Gasteiger partial charge in [0.25, 0.3) is 5.69 Å². The summed E-state index contributed by atoms with van der Waals surface area (Å²) in [5, 5.41) is 19.9. The summed E-state index contributed by atoms with van der Waals surface area (Å²) in [5.74, 6) is 0. The highest BCUT2D eigenvalue weighted by Crippen LogP contribution is 2.29. The number of benzene rings is 1. The van der Waals surface area contributed by atoms with E-state index in [-0.39, 0.29) is 5.69 Å². The molecule has 0 saturated carbocycles. The van der Waals surface area contributed by atoms with Crippen molar-refractivity contribution in [3.05, 3.63) is 39.9 Å². The Morgan fingerprint density at radius 2 is 1.83 bits per heavy atom. The van der Waals surface area contributed by atoms with Crippen molar-refractivity contribution in [3.8, 4) is 6.07 Å². The van der Waals surface area contributed by atoms with Crippen molar-refractivity contribution in [2.75, 3.05) is 0 Å². The molecule has 0 unspecified atom stereocenters. The number of nitro benzene ring substituents is 1. The topological polar surface area (TPSA) is 76.2 Å². The molecule has 0 aliphatic heterocycles. The monoisotopic (exact) mass is 264 g/mol. The zero-order valence-electron chi connectivity index (χ0n) is 10.9. The van der Waals surface area contributed by atoms with Crippen LogP contribution in [0.15, 0.2) is 24.3 Å². The molecule has 1 rings (SSSR count). The molecule has 0 N–H and O–H groups in total. The van der Waals surface area contributed by atoms with E-state index < -0.39 is 18.8 Å². The van der Waals surface area contributed by atoms with Crippen LogP contribution < -0.4 is 0 Å². The summed E-state index contributed by atoms with van der Waals surface area (Å²) in [4.78, 5) is 10.1. The van der Waals surface area contributed by atoms with Crippen LogP contribution >= 0.6 is 0 Å². The average Bonchev–Trinajstić information content (AvgIpc) is 2.27. The van der Waals surface area contributed by atoms with Crippen molar-refractivity contribution in [3.63, 3.8) is 0 Å². The molecule has 0 spiro atoms. The molecule has 6 heteroatoms. The summed E-state index contributed by atoms with van der Waals surface area (Å²) in [6.45, 7) is 7.67. The van der Waals surface area contributed by atoms with Gasteiger partial charge in [-0.1, -0.05) is 0 Å². The second-order valence-electron chi connectivity index (χ2n) is 5.16. The van der Waals surface area contributed by atoms with Gasteiger partial charge in [0.15, 0.2) is 13.9 Å². The Bertz CT molecular complexity index is 488. The third kappa shape index (κ3) is 3.39. The van der Waals surface area contributed by atoms with Crippen molar-refractivity contribution >= 4 is 14.0 Å². The summed E-state index contributed by atoms with van der Waals surface area (Å²) >= 11 is 0. The van der Waals surface area contributed by atoms with Crippen LogP contribution in [0.5, 0.6) is 0 Å². The number of non-ortho nitro benzene ring substituents is 1. The first-order chi connectivity index (χ1) is 8.18. The van der Waals surface area contributed by atoms with Crippen LogP contribution in [0.1, 0.15) is 12.5 Å². The Morgan fingerprint density at radius 1 is 1.33 bits per heavy atom. The van der Waals surface area contributed by atoms with Crippen molar-refractivity contribution in [1.82, 2.24) is 0 Å². The van der Waals surface area contributed by atoms with Crippen LogP contribution in [0.3, 0.4) is 0 Å². The van der Waals surface area contributed by atoms with E-state index in [1.807, 2.05) is 19.6 Å². The fourth-order valence-electron chi connectivity index (χ4n) is 1.66. The summed E-state index contributed by atoms with van der Waals surface area (Å²) in [6.07, 6.45) is 0. The molecule has 18 heavy (non-hydrogen) atoms. The molecule has 0 bridgehead atoms. The molecular formula is C12H16N2O3Si. The van der Waals surface area contributed by atoms with E-state index in [4.69, 9.17) is 4.43 Å². The Kier molecular flexibility index (Phi) is 3.89. The van der Waals surface area contributed by atoms with E-state index in [1.54, 1.807) is 19.1 Å². The molecule has 0 amide bonds. The van der Waals surface area contributed by atoms with Crippen molar-refractivity contribution in [2.45, 2.75) is 32.2 Å². The largest absolute Gasteiger partial charge is 0.397 e. The van der Waals surface area contributed by atoms with E-state index >= 15 is 0 Å². The molecule has 0 aliphatic rings. The van der Waals surface area contributed by atoms with Gasteiger partial charge in [0.2, 0.25) is 0 Å². The highest BCUT2D eigenvalue weighted by Gasteiger charge is 2.33. The molecule has 0 heterocycles. The smallest absolute Gasteiger partial charge is 0.269 e. The maximum Gasteiger partial charge on any atom is 0.269 e. The molecule has 1 aromatic carbocycles. The summed E-state index contributed by atoms with van der Waals surface area (Å²) in [5.41, 5.74) is -0.412. The lowest BCUT2D eigenvalue weighted by Crippen LogP contribution is -2.37. The fourth-order valence-corrected chi connectivity index (χ4v) is 3.05. The molecule has 96 valence electrons. The maximum atomic E-state index is 10.6. The van der Waals surface area contributed by atoms with E-state index in [1.165, 1.54) is 12.1 Å². The van der Waals surface area contributed by atoms with E-state index in [2.05, 4.69) is 6.07 Å². The highest BCUT2D eigenvalue weighted by atomic mass is 28.4. The van der Waals surface area contributed by atoms with Crippen LogP contribution in [0.2, 0.25) is 19.6 Å². The normalized spacial score (nSPS) is 14.6. The number of rotatable bonds is 4. The van der Waals surface area contributed by atoms with Crippen LogP contribution in [0.4, 0.5) is 5.69 Å². The van der Waals surface area contributed by atoms with Gasteiger partial charge in [-0.3, -0.25) is 10.1 Å². The van der Waals surface area contributed by atoms with Gasteiger partial charge in [-0.25, -0.2) is 0 Å². The van der Waals surface area contributed by atoms with Gasteiger partial charge in [0.1, 0.15) is 6.07 Å². The number of nitro groups is 1. The van der Waals surface area contributed by atoms with Gasteiger partial charge in [0.05, 0.1) is 4.92 Å². The Morgan fingerprint density at radius 3 is 2.17 bits per heavy atom. The van der Waals surface area contributed by atoms with Crippen LogP contribution in [-0.4, -0.2) is 13.2 Å². The van der Waals surface area contributed by atoms with Crippen molar-refractivity contribution < 1.29 is 9.35 Å². The first-order valence-electron chi connectivity index (χ1n) is 5.54. The third-order valence-corrected chi connectivity index (χ3v) is 3.37. The lowest BCUT2D eigenvalue weighted by Gasteiger charge is -2.30. The van der Waals surface area contributed by atoms with Crippen LogP contribution in [0, 0.1) is 21.4 Å². The molecule has 0 aliphatic carbocycles. The summed E-state index contributed by atoms with van der Waals surface area (Å²) in [7, 11) is -1.89. The number of nitrogens with zero attached hydrogens (tertiary/aromatic N) is 2. The van der Waals surface area contributed by atoms with Gasteiger partial charge in [-0.05, 0) is 44.3 Å². The minimum atomic E-state index is -1.89. The summed E-state index contributed by atoms with van der Waals surface area (Å²) in [6, 6.07) is 8.06. The van der Waals surface area contributed by atoms with Gasteiger partial charge in [0, 0.05) is 12.1 Å². The fraction of sp³-hybridized carbons (Fsp3) is 0.417. The van der Waals surface area contributed by atoms with Gasteiger partial charge < -0.3 is 4.43 Å². The molecule has 0 saturated heterocycles. The SMILES string of the molecule is C[C@@](C#N)(O[Si](C)(C)C)c1ccc([N+](=O)[O-])cc1. The lowest BCUT2D eigenvalue weighted by molar-refractivity contribution is -0.384. The van der Waals surface area contributed by atoms with Crippen molar-refractivity contribution in [1.29, 1.82) is 5.26 Å².